The Morgan fingerprint density at radius 2 is 1.00 bits per heavy atom. The summed E-state index contributed by atoms with van der Waals surface area (Å²) < 4.78 is 12.7. The van der Waals surface area contributed by atoms with E-state index in [2.05, 4.69) is 109 Å². The molecular weight excluding hydrogens is 639 g/mol. The number of oxazole rings is 1. The van der Waals surface area contributed by atoms with E-state index in [1.54, 1.807) is 0 Å². The molecular formula is C47H27N3O2. The zero-order chi connectivity index (χ0) is 34.2. The topological polar surface area (TPSA) is 65.0 Å². The van der Waals surface area contributed by atoms with Crippen LogP contribution in [0.2, 0.25) is 0 Å². The predicted octanol–water partition coefficient (Wildman–Crippen LogP) is 12.6. The third kappa shape index (κ3) is 4.39. The van der Waals surface area contributed by atoms with Crippen LogP contribution >= 0.6 is 0 Å². The van der Waals surface area contributed by atoms with Crippen LogP contribution in [0, 0.1) is 0 Å². The largest absolute Gasteiger partial charge is 0.456 e. The molecule has 3 heterocycles. The van der Waals surface area contributed by atoms with Gasteiger partial charge in [-0.2, -0.15) is 0 Å². The highest BCUT2D eigenvalue weighted by atomic mass is 16.4. The Morgan fingerprint density at radius 3 is 1.85 bits per heavy atom. The molecule has 0 unspecified atom stereocenters. The lowest BCUT2D eigenvalue weighted by atomic mass is 9.94. The Morgan fingerprint density at radius 1 is 0.365 bits per heavy atom. The molecule has 8 aromatic carbocycles. The third-order valence-corrected chi connectivity index (χ3v) is 10.1. The molecule has 0 saturated carbocycles. The Balaban J connectivity index is 1.18. The Hall–Kier alpha value is -7.11. The lowest BCUT2D eigenvalue weighted by molar-refractivity contribution is 0.619. The first kappa shape index (κ1) is 28.7. The van der Waals surface area contributed by atoms with Crippen molar-refractivity contribution in [1.29, 1.82) is 0 Å². The summed E-state index contributed by atoms with van der Waals surface area (Å²) in [5.41, 5.74) is 8.75. The molecule has 5 heteroatoms. The van der Waals surface area contributed by atoms with Gasteiger partial charge in [0.05, 0.1) is 16.8 Å². The van der Waals surface area contributed by atoms with Crippen LogP contribution in [-0.2, 0) is 0 Å². The summed E-state index contributed by atoms with van der Waals surface area (Å²) in [6, 6.07) is 56.3. The molecule has 0 amide bonds. The maximum absolute atomic E-state index is 6.45. The van der Waals surface area contributed by atoms with Gasteiger partial charge < -0.3 is 8.83 Å². The zero-order valence-electron chi connectivity index (χ0n) is 27.7. The lowest BCUT2D eigenvalue weighted by Gasteiger charge is -2.14. The van der Waals surface area contributed by atoms with Crippen LogP contribution in [0.4, 0.5) is 0 Å². The van der Waals surface area contributed by atoms with E-state index in [-0.39, 0.29) is 0 Å². The van der Waals surface area contributed by atoms with Gasteiger partial charge in [0.2, 0.25) is 5.89 Å². The Kier molecular flexibility index (Phi) is 6.18. The maximum atomic E-state index is 6.45. The van der Waals surface area contributed by atoms with Crippen LogP contribution in [0.15, 0.2) is 173 Å². The molecule has 0 aliphatic rings. The number of hydrogen-bond donors (Lipinski definition) is 0. The van der Waals surface area contributed by atoms with Crippen molar-refractivity contribution in [3.8, 4) is 45.4 Å². The third-order valence-electron chi connectivity index (χ3n) is 10.1. The monoisotopic (exact) mass is 665 g/mol. The van der Waals surface area contributed by atoms with Gasteiger partial charge in [0.1, 0.15) is 16.7 Å². The van der Waals surface area contributed by atoms with Crippen molar-refractivity contribution in [2.75, 3.05) is 0 Å². The predicted molar refractivity (Wildman–Crippen MR) is 211 cm³/mol. The molecule has 3 aromatic heterocycles. The van der Waals surface area contributed by atoms with Crippen molar-refractivity contribution < 1.29 is 8.83 Å². The first-order valence-corrected chi connectivity index (χ1v) is 17.4. The molecule has 0 atom stereocenters. The summed E-state index contributed by atoms with van der Waals surface area (Å²) in [6.07, 6.45) is 0. The summed E-state index contributed by atoms with van der Waals surface area (Å²) in [7, 11) is 0. The molecule has 0 bridgehead atoms. The van der Waals surface area contributed by atoms with Gasteiger partial charge in [-0.1, -0.05) is 115 Å². The number of furan rings is 1. The molecule has 0 spiro atoms. The van der Waals surface area contributed by atoms with E-state index < -0.39 is 0 Å². The van der Waals surface area contributed by atoms with Crippen LogP contribution in [-0.4, -0.2) is 15.0 Å². The molecule has 5 nitrogen and oxygen atoms in total. The normalized spacial score (nSPS) is 11.8. The second-order valence-corrected chi connectivity index (χ2v) is 13.1. The van der Waals surface area contributed by atoms with Gasteiger partial charge in [-0.15, -0.1) is 0 Å². The van der Waals surface area contributed by atoms with Crippen molar-refractivity contribution in [3.63, 3.8) is 0 Å². The van der Waals surface area contributed by atoms with Crippen molar-refractivity contribution in [3.05, 3.63) is 164 Å². The second kappa shape index (κ2) is 11.2. The number of benzene rings is 8. The molecule has 0 aliphatic carbocycles. The van der Waals surface area contributed by atoms with Crippen LogP contribution in [0.25, 0.3) is 111 Å². The van der Waals surface area contributed by atoms with E-state index in [4.69, 9.17) is 23.8 Å². The molecule has 52 heavy (non-hydrogen) atoms. The summed E-state index contributed by atoms with van der Waals surface area (Å²) >= 11 is 0. The summed E-state index contributed by atoms with van der Waals surface area (Å²) in [6.45, 7) is 0. The number of hydrogen-bond acceptors (Lipinski definition) is 5. The lowest BCUT2D eigenvalue weighted by Crippen LogP contribution is -1.97. The second-order valence-electron chi connectivity index (χ2n) is 13.1. The van der Waals surface area contributed by atoms with Gasteiger partial charge in [0.25, 0.3) is 0 Å². The summed E-state index contributed by atoms with van der Waals surface area (Å²) in [4.78, 5) is 15.6. The SMILES string of the molecule is c1ccc(-c2cc(-c3cc4ccccc4c4ccccc34)nc(-c3cccc4c3ccc3oc5ccc6oc(-c7ccccc7)nc6c5c34)n2)cc1. The van der Waals surface area contributed by atoms with Crippen LogP contribution < -0.4 is 0 Å². The first-order chi connectivity index (χ1) is 25.8. The number of rotatable bonds is 4. The highest BCUT2D eigenvalue weighted by Crippen LogP contribution is 2.42. The fraction of sp³-hybridized carbons (Fsp3) is 0. The van der Waals surface area contributed by atoms with E-state index in [0.29, 0.717) is 17.3 Å². The average molecular weight is 666 g/mol. The minimum Gasteiger partial charge on any atom is -0.456 e. The van der Waals surface area contributed by atoms with Crippen molar-refractivity contribution in [1.82, 2.24) is 15.0 Å². The quantitative estimate of drug-likeness (QED) is 0.175. The molecule has 0 aliphatic heterocycles. The van der Waals surface area contributed by atoms with Gasteiger partial charge in [-0.3, -0.25) is 0 Å². The highest BCUT2D eigenvalue weighted by Gasteiger charge is 2.21. The first-order valence-electron chi connectivity index (χ1n) is 17.4. The van der Waals surface area contributed by atoms with E-state index >= 15 is 0 Å². The van der Waals surface area contributed by atoms with Crippen molar-refractivity contribution in [2.24, 2.45) is 0 Å². The molecule has 11 aromatic rings. The smallest absolute Gasteiger partial charge is 0.227 e. The number of fused-ring (bicyclic) bond motifs is 10. The van der Waals surface area contributed by atoms with Gasteiger partial charge >= 0.3 is 0 Å². The van der Waals surface area contributed by atoms with E-state index in [1.807, 2.05) is 54.6 Å². The van der Waals surface area contributed by atoms with E-state index in [1.165, 1.54) is 16.2 Å². The molecule has 11 rings (SSSR count). The van der Waals surface area contributed by atoms with E-state index in [0.717, 1.165) is 77.3 Å². The summed E-state index contributed by atoms with van der Waals surface area (Å²) in [5.74, 6) is 1.24. The zero-order valence-corrected chi connectivity index (χ0v) is 27.7. The Labute approximate surface area is 297 Å². The molecule has 242 valence electrons. The molecule has 0 fully saturated rings. The number of nitrogens with zero attached hydrogens (tertiary/aromatic N) is 3. The molecule has 0 N–H and O–H groups in total. The molecule has 0 saturated heterocycles. The van der Waals surface area contributed by atoms with Crippen molar-refractivity contribution in [2.45, 2.75) is 0 Å². The van der Waals surface area contributed by atoms with Crippen LogP contribution in [0.1, 0.15) is 0 Å². The fourth-order valence-corrected chi connectivity index (χ4v) is 7.73. The fourth-order valence-electron chi connectivity index (χ4n) is 7.73. The van der Waals surface area contributed by atoms with Gasteiger partial charge in [0.15, 0.2) is 11.4 Å². The maximum Gasteiger partial charge on any atom is 0.227 e. The standard InChI is InChI=1S/C47H27N3O2/c1-3-12-28(13-4-1)38-27-39(37-26-30-16-7-8-17-31(30)32-18-9-10-19-33(32)37)49-46(48-38)36-21-11-20-35-34(36)22-23-40-43(35)44-41(51-40)24-25-42-45(44)50-47(52-42)29-14-5-2-6-15-29/h1-27H. The minimum atomic E-state index is 0.582. The van der Waals surface area contributed by atoms with E-state index in [9.17, 15) is 0 Å². The minimum absolute atomic E-state index is 0.582. The van der Waals surface area contributed by atoms with Gasteiger partial charge in [0, 0.05) is 27.6 Å². The number of aromatic nitrogens is 3. The van der Waals surface area contributed by atoms with Crippen molar-refractivity contribution >= 4 is 65.4 Å². The highest BCUT2D eigenvalue weighted by molar-refractivity contribution is 6.26. The van der Waals surface area contributed by atoms with Crippen LogP contribution in [0.5, 0.6) is 0 Å². The molecule has 0 radical (unpaired) electrons. The summed E-state index contributed by atoms with van der Waals surface area (Å²) in [5, 5.41) is 8.75. The van der Waals surface area contributed by atoms with Gasteiger partial charge in [-0.05, 0) is 80.8 Å². The Bertz CT molecular complexity index is 3180. The van der Waals surface area contributed by atoms with Crippen LogP contribution in [0.3, 0.4) is 0 Å². The van der Waals surface area contributed by atoms with Gasteiger partial charge in [-0.25, -0.2) is 15.0 Å². The average Bonchev–Trinajstić information content (AvgIpc) is 3.83.